The lowest BCUT2D eigenvalue weighted by Crippen LogP contribution is -2.56. The van der Waals surface area contributed by atoms with Crippen molar-refractivity contribution in [1.29, 1.82) is 0 Å². The molecule has 2 N–H and O–H groups in total. The van der Waals surface area contributed by atoms with Gasteiger partial charge in [-0.15, -0.1) is 0 Å². The van der Waals surface area contributed by atoms with Crippen molar-refractivity contribution in [2.45, 2.75) is 51.2 Å². The number of nitrogens with two attached hydrogens (primary N) is 1. The van der Waals surface area contributed by atoms with E-state index in [1.54, 1.807) is 6.20 Å². The second-order valence-electron chi connectivity index (χ2n) is 10.9. The number of carbonyl (C=O) groups is 1. The molecule has 3 heterocycles. The number of amides is 1. The van der Waals surface area contributed by atoms with E-state index in [-0.39, 0.29) is 17.6 Å². The number of anilines is 1. The Balaban J connectivity index is 1.22. The van der Waals surface area contributed by atoms with Crippen molar-refractivity contribution in [2.75, 3.05) is 31.9 Å². The normalized spacial score (nSPS) is 19.2. The summed E-state index contributed by atoms with van der Waals surface area (Å²) in [5.41, 5.74) is 9.61. The third-order valence-corrected chi connectivity index (χ3v) is 8.99. The molecule has 2 aromatic carbocycles. The van der Waals surface area contributed by atoms with E-state index in [1.165, 1.54) is 5.56 Å². The number of benzene rings is 2. The van der Waals surface area contributed by atoms with Crippen LogP contribution in [0.2, 0.25) is 0 Å². The highest BCUT2D eigenvalue weighted by Gasteiger charge is 2.40. The Hall–Kier alpha value is -2.90. The molecule has 2 aliphatic rings. The number of hydrogen-bond acceptors (Lipinski definition) is 5. The summed E-state index contributed by atoms with van der Waals surface area (Å²) >= 11 is 3.56. The third-order valence-electron chi connectivity index (χ3n) is 8.46. The average molecular weight is 578 g/mol. The van der Waals surface area contributed by atoms with Crippen LogP contribution in [0.1, 0.15) is 60.2 Å². The molecular formula is C31H37BrN4O2. The molecule has 200 valence electrons. The van der Waals surface area contributed by atoms with Gasteiger partial charge in [-0.1, -0.05) is 46.3 Å². The van der Waals surface area contributed by atoms with E-state index in [0.717, 1.165) is 61.9 Å². The van der Waals surface area contributed by atoms with Gasteiger partial charge in [0.2, 0.25) is 5.88 Å². The lowest BCUT2D eigenvalue weighted by Gasteiger charge is -2.50. The van der Waals surface area contributed by atoms with Gasteiger partial charge in [0, 0.05) is 47.0 Å². The zero-order valence-corrected chi connectivity index (χ0v) is 23.9. The standard InChI is InChI=1S/C31H37BrN4O2/c1-22-6-5-7-26(33)28(22)30(37)35-20-15-31(2,16-21-35)36-18-13-24(14-19-36)29(23-9-11-25(32)12-10-23)38-27-8-3-4-17-34-27/h3-12,17,24,29H,13-16,18-21,33H2,1-2H3. The predicted molar refractivity (Wildman–Crippen MR) is 155 cm³/mol. The molecule has 0 radical (unpaired) electrons. The van der Waals surface area contributed by atoms with Crippen molar-refractivity contribution in [3.05, 3.63) is 88.0 Å². The van der Waals surface area contributed by atoms with E-state index < -0.39 is 0 Å². The van der Waals surface area contributed by atoms with Crippen LogP contribution in [0, 0.1) is 12.8 Å². The third kappa shape index (κ3) is 5.74. The summed E-state index contributed by atoms with van der Waals surface area (Å²) in [4.78, 5) is 22.3. The van der Waals surface area contributed by atoms with Gasteiger partial charge in [0.1, 0.15) is 6.10 Å². The van der Waals surface area contributed by atoms with Crippen molar-refractivity contribution in [2.24, 2.45) is 5.92 Å². The summed E-state index contributed by atoms with van der Waals surface area (Å²) in [6, 6.07) is 20.0. The van der Waals surface area contributed by atoms with Gasteiger partial charge in [-0.3, -0.25) is 9.69 Å². The fourth-order valence-electron chi connectivity index (χ4n) is 6.03. The quantitative estimate of drug-likeness (QED) is 0.350. The minimum absolute atomic E-state index is 0.0352. The van der Waals surface area contributed by atoms with Crippen molar-refractivity contribution >= 4 is 27.5 Å². The zero-order chi connectivity index (χ0) is 26.7. The largest absolute Gasteiger partial charge is 0.469 e. The highest BCUT2D eigenvalue weighted by molar-refractivity contribution is 9.10. The first-order chi connectivity index (χ1) is 18.3. The molecule has 2 saturated heterocycles. The number of rotatable bonds is 6. The van der Waals surface area contributed by atoms with Crippen LogP contribution in [-0.4, -0.2) is 52.4 Å². The SMILES string of the molecule is Cc1cccc(N)c1C(=O)N1CCC(C)(N2CCC(C(Oc3ccccn3)c3ccc(Br)cc3)CC2)CC1. The van der Waals surface area contributed by atoms with E-state index in [1.807, 2.05) is 48.2 Å². The first-order valence-electron chi connectivity index (χ1n) is 13.6. The van der Waals surface area contributed by atoms with Gasteiger partial charge in [-0.05, 0) is 88.0 Å². The summed E-state index contributed by atoms with van der Waals surface area (Å²) in [6.45, 7) is 7.90. The van der Waals surface area contributed by atoms with Crippen molar-refractivity contribution in [3.63, 3.8) is 0 Å². The minimum Gasteiger partial charge on any atom is -0.469 e. The molecule has 5 rings (SSSR count). The number of nitrogens with zero attached hydrogens (tertiary/aromatic N) is 3. The molecule has 0 spiro atoms. The highest BCUT2D eigenvalue weighted by atomic mass is 79.9. The van der Waals surface area contributed by atoms with E-state index in [4.69, 9.17) is 10.5 Å². The Morgan fingerprint density at radius 1 is 1.03 bits per heavy atom. The second kappa shape index (κ2) is 11.5. The van der Waals surface area contributed by atoms with Crippen LogP contribution in [0.5, 0.6) is 5.88 Å². The first-order valence-corrected chi connectivity index (χ1v) is 14.4. The van der Waals surface area contributed by atoms with Crippen LogP contribution in [0.25, 0.3) is 0 Å². The Kier molecular flexibility index (Phi) is 8.05. The maximum atomic E-state index is 13.3. The summed E-state index contributed by atoms with van der Waals surface area (Å²) in [6.07, 6.45) is 5.80. The molecule has 1 amide bonds. The lowest BCUT2D eigenvalue weighted by molar-refractivity contribution is -0.00611. The molecule has 2 fully saturated rings. The lowest BCUT2D eigenvalue weighted by atomic mass is 9.82. The minimum atomic E-state index is -0.0352. The number of piperidine rings is 2. The Bertz CT molecular complexity index is 1210. The molecule has 1 atom stereocenters. The van der Waals surface area contributed by atoms with Gasteiger partial charge in [-0.2, -0.15) is 0 Å². The maximum Gasteiger partial charge on any atom is 0.256 e. The van der Waals surface area contributed by atoms with E-state index in [9.17, 15) is 4.79 Å². The van der Waals surface area contributed by atoms with Gasteiger partial charge in [0.05, 0.1) is 5.56 Å². The molecule has 0 saturated carbocycles. The molecule has 3 aromatic rings. The summed E-state index contributed by atoms with van der Waals surface area (Å²) < 4.78 is 7.55. The number of carbonyl (C=O) groups excluding carboxylic acids is 1. The summed E-state index contributed by atoms with van der Waals surface area (Å²) in [7, 11) is 0. The van der Waals surface area contributed by atoms with Crippen LogP contribution < -0.4 is 10.5 Å². The highest BCUT2D eigenvalue weighted by Crippen LogP contribution is 2.39. The van der Waals surface area contributed by atoms with Gasteiger partial charge in [0.15, 0.2) is 0 Å². The number of aromatic nitrogens is 1. The molecule has 7 heteroatoms. The fraction of sp³-hybridized carbons (Fsp3) is 0.419. The predicted octanol–water partition coefficient (Wildman–Crippen LogP) is 6.26. The zero-order valence-electron chi connectivity index (χ0n) is 22.3. The van der Waals surface area contributed by atoms with E-state index in [0.29, 0.717) is 23.0 Å². The number of aryl methyl sites for hydroxylation is 1. The van der Waals surface area contributed by atoms with Crippen LogP contribution in [0.3, 0.4) is 0 Å². The fourth-order valence-corrected chi connectivity index (χ4v) is 6.29. The smallest absolute Gasteiger partial charge is 0.256 e. The number of likely N-dealkylation sites (tertiary alicyclic amines) is 2. The second-order valence-corrected chi connectivity index (χ2v) is 11.8. The molecule has 0 aliphatic carbocycles. The Morgan fingerprint density at radius 3 is 2.37 bits per heavy atom. The average Bonchev–Trinajstić information content (AvgIpc) is 2.93. The first kappa shape index (κ1) is 26.7. The van der Waals surface area contributed by atoms with Crippen molar-refractivity contribution in [3.8, 4) is 5.88 Å². The topological polar surface area (TPSA) is 71.7 Å². The monoisotopic (exact) mass is 576 g/mol. The molecular weight excluding hydrogens is 540 g/mol. The maximum absolute atomic E-state index is 13.3. The number of hydrogen-bond donors (Lipinski definition) is 1. The van der Waals surface area contributed by atoms with Crippen LogP contribution in [0.4, 0.5) is 5.69 Å². The van der Waals surface area contributed by atoms with Crippen LogP contribution >= 0.6 is 15.9 Å². The van der Waals surface area contributed by atoms with Crippen LogP contribution in [0.15, 0.2) is 71.3 Å². The number of pyridine rings is 1. The molecule has 38 heavy (non-hydrogen) atoms. The molecule has 6 nitrogen and oxygen atoms in total. The number of ether oxygens (including phenoxy) is 1. The molecule has 1 unspecified atom stereocenters. The molecule has 1 aromatic heterocycles. The summed E-state index contributed by atoms with van der Waals surface area (Å²) in [5.74, 6) is 1.13. The van der Waals surface area contributed by atoms with E-state index in [2.05, 4.69) is 57.0 Å². The van der Waals surface area contributed by atoms with Gasteiger partial charge >= 0.3 is 0 Å². The van der Waals surface area contributed by atoms with E-state index >= 15 is 0 Å². The molecule has 2 aliphatic heterocycles. The van der Waals surface area contributed by atoms with Crippen LogP contribution in [-0.2, 0) is 0 Å². The number of halogens is 1. The molecule has 0 bridgehead atoms. The Labute approximate surface area is 234 Å². The van der Waals surface area contributed by atoms with Crippen molar-refractivity contribution < 1.29 is 9.53 Å². The summed E-state index contributed by atoms with van der Waals surface area (Å²) in [5, 5.41) is 0. The van der Waals surface area contributed by atoms with Gasteiger partial charge in [0.25, 0.3) is 5.91 Å². The van der Waals surface area contributed by atoms with Gasteiger partial charge < -0.3 is 15.4 Å². The Morgan fingerprint density at radius 2 is 1.74 bits per heavy atom. The van der Waals surface area contributed by atoms with Crippen molar-refractivity contribution in [1.82, 2.24) is 14.8 Å². The number of nitrogen functional groups attached to an aromatic ring is 1. The van der Waals surface area contributed by atoms with Gasteiger partial charge in [-0.25, -0.2) is 4.98 Å².